The van der Waals surface area contributed by atoms with E-state index in [0.717, 1.165) is 11.1 Å². The Morgan fingerprint density at radius 3 is 2.69 bits per heavy atom. The van der Waals surface area contributed by atoms with Gasteiger partial charge in [0, 0.05) is 18.6 Å². The lowest BCUT2D eigenvalue weighted by Crippen LogP contribution is -2.30. The normalized spacial score (nSPS) is 10.8. The van der Waals surface area contributed by atoms with Gasteiger partial charge in [-0.25, -0.2) is 9.48 Å². The van der Waals surface area contributed by atoms with Crippen LogP contribution < -0.4 is 0 Å². The highest BCUT2D eigenvalue weighted by Crippen LogP contribution is 2.24. The van der Waals surface area contributed by atoms with E-state index in [9.17, 15) is 9.59 Å². The molecule has 0 spiro atoms. The second-order valence-corrected chi connectivity index (χ2v) is 8.00. The van der Waals surface area contributed by atoms with Crippen LogP contribution in [-0.4, -0.2) is 40.2 Å². The fraction of sp³-hybridized carbons (Fsp3) is 0.250. The van der Waals surface area contributed by atoms with Crippen LogP contribution in [-0.2, 0) is 22.6 Å². The monoisotopic (exact) mass is 451 g/mol. The highest BCUT2D eigenvalue weighted by atomic mass is 35.5. The molecule has 0 N–H and O–H groups in total. The predicted molar refractivity (Wildman–Crippen MR) is 114 cm³/mol. The molecule has 0 aliphatic rings. The van der Waals surface area contributed by atoms with Crippen LogP contribution in [0.4, 0.5) is 0 Å². The second kappa shape index (κ2) is 9.43. The quantitative estimate of drug-likeness (QED) is 0.498. The summed E-state index contributed by atoms with van der Waals surface area (Å²) >= 11 is 14.1. The molecule has 9 heteroatoms. The Kier molecular flexibility index (Phi) is 6.95. The van der Waals surface area contributed by atoms with Gasteiger partial charge in [0.05, 0.1) is 12.2 Å². The largest absolute Gasteiger partial charge is 0.452 e. The maximum atomic E-state index is 12.5. The number of aromatic nitrogens is 2. The third-order valence-electron chi connectivity index (χ3n) is 4.30. The van der Waals surface area contributed by atoms with Crippen molar-refractivity contribution in [3.8, 4) is 0 Å². The third-order valence-corrected chi connectivity index (χ3v) is 5.78. The average molecular weight is 452 g/mol. The summed E-state index contributed by atoms with van der Waals surface area (Å²) < 4.78 is 6.67. The van der Waals surface area contributed by atoms with Crippen LogP contribution in [0, 0.1) is 6.92 Å². The molecule has 1 aromatic carbocycles. The summed E-state index contributed by atoms with van der Waals surface area (Å²) in [6.45, 7) is 2.06. The summed E-state index contributed by atoms with van der Waals surface area (Å²) in [4.78, 5) is 26.3. The number of nitrogens with zero attached hydrogens (tertiary/aromatic N) is 3. The van der Waals surface area contributed by atoms with Crippen molar-refractivity contribution in [3.63, 3.8) is 0 Å². The van der Waals surface area contributed by atoms with Crippen molar-refractivity contribution < 1.29 is 14.3 Å². The first-order valence-electron chi connectivity index (χ1n) is 8.75. The molecule has 0 aliphatic heterocycles. The number of esters is 1. The minimum atomic E-state index is -0.685. The lowest BCUT2D eigenvalue weighted by atomic mass is 10.2. The maximum Gasteiger partial charge on any atom is 0.343 e. The van der Waals surface area contributed by atoms with Crippen LogP contribution in [0.2, 0.25) is 10.2 Å². The molecule has 152 valence electrons. The molecule has 6 nitrogen and oxygen atoms in total. The SMILES string of the molecule is Cc1nn(Cc2ccccc2Cl)c(Cl)c1C(=O)OCC(=O)N(C)Cc1ccsc1. The van der Waals surface area contributed by atoms with E-state index in [1.165, 1.54) is 9.58 Å². The first-order chi connectivity index (χ1) is 13.9. The number of amides is 1. The molecule has 0 saturated carbocycles. The van der Waals surface area contributed by atoms with Crippen molar-refractivity contribution in [2.45, 2.75) is 20.0 Å². The van der Waals surface area contributed by atoms with E-state index < -0.39 is 5.97 Å². The van der Waals surface area contributed by atoms with Gasteiger partial charge in [0.25, 0.3) is 5.91 Å². The van der Waals surface area contributed by atoms with Gasteiger partial charge in [-0.05, 0) is 40.9 Å². The van der Waals surface area contributed by atoms with Gasteiger partial charge in [0.1, 0.15) is 10.7 Å². The summed E-state index contributed by atoms with van der Waals surface area (Å²) in [7, 11) is 1.66. The summed E-state index contributed by atoms with van der Waals surface area (Å²) in [5, 5.41) is 8.95. The van der Waals surface area contributed by atoms with E-state index in [2.05, 4.69) is 5.10 Å². The number of halogens is 2. The molecule has 0 atom stereocenters. The molecule has 29 heavy (non-hydrogen) atoms. The molecule has 0 fully saturated rings. The molecular formula is C20H19Cl2N3O3S. The van der Waals surface area contributed by atoms with Gasteiger partial charge < -0.3 is 9.64 Å². The number of hydrogen-bond donors (Lipinski definition) is 0. The topological polar surface area (TPSA) is 64.4 Å². The van der Waals surface area contributed by atoms with Crippen molar-refractivity contribution in [3.05, 3.63) is 73.7 Å². The first kappa shape index (κ1) is 21.4. The summed E-state index contributed by atoms with van der Waals surface area (Å²) in [6.07, 6.45) is 0. The van der Waals surface area contributed by atoms with Gasteiger partial charge in [-0.3, -0.25) is 4.79 Å². The number of hydrogen-bond acceptors (Lipinski definition) is 5. The van der Waals surface area contributed by atoms with Crippen molar-refractivity contribution in [2.75, 3.05) is 13.7 Å². The summed E-state index contributed by atoms with van der Waals surface area (Å²) in [5.74, 6) is -0.989. The molecule has 2 heterocycles. The first-order valence-corrected chi connectivity index (χ1v) is 10.4. The third kappa shape index (κ3) is 5.18. The zero-order chi connectivity index (χ0) is 21.0. The minimum absolute atomic E-state index is 0.145. The highest BCUT2D eigenvalue weighted by molar-refractivity contribution is 7.07. The van der Waals surface area contributed by atoms with E-state index in [1.54, 1.807) is 31.4 Å². The van der Waals surface area contributed by atoms with E-state index in [4.69, 9.17) is 27.9 Å². The van der Waals surface area contributed by atoms with Crippen molar-refractivity contribution >= 4 is 46.4 Å². The Balaban J connectivity index is 1.64. The Morgan fingerprint density at radius 1 is 1.24 bits per heavy atom. The van der Waals surface area contributed by atoms with Gasteiger partial charge in [0.2, 0.25) is 0 Å². The van der Waals surface area contributed by atoms with Crippen molar-refractivity contribution in [1.29, 1.82) is 0 Å². The number of carbonyl (C=O) groups excluding carboxylic acids is 2. The van der Waals surface area contributed by atoms with Crippen molar-refractivity contribution in [2.24, 2.45) is 0 Å². The summed E-state index contributed by atoms with van der Waals surface area (Å²) in [5.41, 5.74) is 2.42. The van der Waals surface area contributed by atoms with Gasteiger partial charge in [-0.15, -0.1) is 0 Å². The molecule has 2 aromatic heterocycles. The Hall–Kier alpha value is -2.35. The lowest BCUT2D eigenvalue weighted by molar-refractivity contribution is -0.133. The fourth-order valence-corrected chi connectivity index (χ4v) is 3.90. The van der Waals surface area contributed by atoms with E-state index in [-0.39, 0.29) is 23.2 Å². The number of aryl methyl sites for hydroxylation is 1. The molecule has 0 radical (unpaired) electrons. The standard InChI is InChI=1S/C20H19Cl2N3O3S/c1-13-18(19(22)25(23-13)10-15-5-3-4-6-16(15)21)20(27)28-11-17(26)24(2)9-14-7-8-29-12-14/h3-8,12H,9-11H2,1-2H3. The zero-order valence-electron chi connectivity index (χ0n) is 15.9. The van der Waals surface area contributed by atoms with Crippen LogP contribution in [0.1, 0.15) is 27.2 Å². The number of benzene rings is 1. The molecule has 3 aromatic rings. The van der Waals surface area contributed by atoms with Crippen LogP contribution in [0.25, 0.3) is 0 Å². The smallest absolute Gasteiger partial charge is 0.343 e. The Bertz CT molecular complexity index is 1020. The van der Waals surface area contributed by atoms with Crippen LogP contribution in [0.15, 0.2) is 41.1 Å². The van der Waals surface area contributed by atoms with Crippen LogP contribution in [0.5, 0.6) is 0 Å². The lowest BCUT2D eigenvalue weighted by Gasteiger charge is -2.16. The number of thiophene rings is 1. The minimum Gasteiger partial charge on any atom is -0.452 e. The molecule has 0 unspecified atom stereocenters. The predicted octanol–water partition coefficient (Wildman–Crippen LogP) is 4.42. The summed E-state index contributed by atoms with van der Waals surface area (Å²) in [6, 6.07) is 9.26. The zero-order valence-corrected chi connectivity index (χ0v) is 18.2. The van der Waals surface area contributed by atoms with Gasteiger partial charge in [-0.1, -0.05) is 41.4 Å². The molecule has 0 aliphatic carbocycles. The highest BCUT2D eigenvalue weighted by Gasteiger charge is 2.23. The number of rotatable bonds is 7. The van der Waals surface area contributed by atoms with E-state index >= 15 is 0 Å². The molecule has 1 amide bonds. The average Bonchev–Trinajstić information content (AvgIpc) is 3.29. The van der Waals surface area contributed by atoms with Gasteiger partial charge >= 0.3 is 5.97 Å². The maximum absolute atomic E-state index is 12.5. The number of carbonyl (C=O) groups is 2. The van der Waals surface area contributed by atoms with Gasteiger partial charge in [0.15, 0.2) is 6.61 Å². The fourth-order valence-electron chi connectivity index (χ4n) is 2.73. The molecular weight excluding hydrogens is 433 g/mol. The molecule has 3 rings (SSSR count). The number of ether oxygens (including phenoxy) is 1. The van der Waals surface area contributed by atoms with E-state index in [1.807, 2.05) is 35.0 Å². The molecule has 0 saturated heterocycles. The Morgan fingerprint density at radius 2 is 2.00 bits per heavy atom. The van der Waals surface area contributed by atoms with Crippen LogP contribution >= 0.6 is 34.5 Å². The number of likely N-dealkylation sites (N-methyl/N-ethyl adjacent to an activating group) is 1. The Labute approximate surface area is 182 Å². The molecule has 0 bridgehead atoms. The van der Waals surface area contributed by atoms with Gasteiger partial charge in [-0.2, -0.15) is 16.4 Å². The van der Waals surface area contributed by atoms with E-state index in [0.29, 0.717) is 23.8 Å². The van der Waals surface area contributed by atoms with Crippen LogP contribution in [0.3, 0.4) is 0 Å². The second-order valence-electron chi connectivity index (χ2n) is 6.46. The van der Waals surface area contributed by atoms with Crippen molar-refractivity contribution in [1.82, 2.24) is 14.7 Å².